The van der Waals surface area contributed by atoms with E-state index in [-0.39, 0.29) is 40.0 Å². The number of fused-ring (bicyclic) bond motifs is 3. The zero-order valence-corrected chi connectivity index (χ0v) is 15.8. The highest BCUT2D eigenvalue weighted by atomic mass is 19.1. The van der Waals surface area contributed by atoms with Crippen molar-refractivity contribution >= 4 is 11.6 Å². The van der Waals surface area contributed by atoms with Gasteiger partial charge < -0.3 is 24.8 Å². The summed E-state index contributed by atoms with van der Waals surface area (Å²) in [6.45, 7) is 1.57. The van der Waals surface area contributed by atoms with Gasteiger partial charge in [0.25, 0.3) is 0 Å². The van der Waals surface area contributed by atoms with E-state index in [4.69, 9.17) is 9.47 Å². The predicted octanol–water partition coefficient (Wildman–Crippen LogP) is 1.90. The summed E-state index contributed by atoms with van der Waals surface area (Å²) >= 11 is 0. The summed E-state index contributed by atoms with van der Waals surface area (Å²) < 4.78 is 26.9. The average molecular weight is 412 g/mol. The van der Waals surface area contributed by atoms with E-state index >= 15 is 4.39 Å². The van der Waals surface area contributed by atoms with Crippen LogP contribution in [0.3, 0.4) is 0 Å². The molecule has 4 bridgehead atoms. The lowest BCUT2D eigenvalue weighted by molar-refractivity contribution is -0.181. The van der Waals surface area contributed by atoms with Gasteiger partial charge in [0.2, 0.25) is 0 Å². The van der Waals surface area contributed by atoms with Crippen LogP contribution in [0.4, 0.5) is 4.39 Å². The Morgan fingerprint density at radius 3 is 2.20 bits per heavy atom. The molecule has 3 heterocycles. The van der Waals surface area contributed by atoms with Crippen molar-refractivity contribution in [1.29, 1.82) is 0 Å². The molecule has 7 nitrogen and oxygen atoms in total. The molecule has 4 unspecified atom stereocenters. The SMILES string of the molecule is CC12OCC(O1)C1c3c(O)c4c(c(O)c3C2[C@@H](O)[C@H]1F)C(=O)c1ccccc1C4=O. The minimum absolute atomic E-state index is 0.00267. The molecule has 2 aromatic carbocycles. The standard InChI is InChI=1S/C22H17FO7/c1-22-15-12-11(10(16(23)21(15)28)9(30-22)6-29-22)19(26)13-14(20(12)27)18(25)8-5-3-2-4-7(8)17(13)24/h2-5,9-10,15-16,21,26-28H,6H2,1H3/t9?,10?,15?,16-,21+,22?/m0/s1. The van der Waals surface area contributed by atoms with Crippen molar-refractivity contribution in [3.8, 4) is 11.5 Å². The van der Waals surface area contributed by atoms with Gasteiger partial charge in [-0.25, -0.2) is 4.39 Å². The molecule has 154 valence electrons. The Balaban J connectivity index is 1.73. The lowest BCUT2D eigenvalue weighted by atomic mass is 9.66. The topological polar surface area (TPSA) is 113 Å². The molecule has 0 amide bonds. The van der Waals surface area contributed by atoms with Crippen molar-refractivity contribution in [3.05, 3.63) is 57.6 Å². The second kappa shape index (κ2) is 5.46. The molecule has 6 atom stereocenters. The smallest absolute Gasteiger partial charge is 0.198 e. The van der Waals surface area contributed by atoms with Crippen molar-refractivity contribution in [2.24, 2.45) is 0 Å². The molecule has 2 aromatic rings. The van der Waals surface area contributed by atoms with Crippen LogP contribution in [-0.2, 0) is 9.47 Å². The zero-order valence-electron chi connectivity index (χ0n) is 15.8. The van der Waals surface area contributed by atoms with Crippen molar-refractivity contribution in [2.75, 3.05) is 6.61 Å². The van der Waals surface area contributed by atoms with E-state index in [2.05, 4.69) is 0 Å². The third-order valence-corrected chi connectivity index (χ3v) is 6.93. The molecule has 0 saturated carbocycles. The van der Waals surface area contributed by atoms with E-state index < -0.39 is 59.1 Å². The van der Waals surface area contributed by atoms with Gasteiger partial charge in [0.05, 0.1) is 41.8 Å². The lowest BCUT2D eigenvalue weighted by Gasteiger charge is -2.42. The number of aliphatic hydroxyl groups is 1. The normalized spacial score (nSPS) is 35.6. The number of phenolic OH excluding ortho intramolecular Hbond substituents is 2. The highest BCUT2D eigenvalue weighted by Gasteiger charge is 2.64. The van der Waals surface area contributed by atoms with E-state index in [1.54, 1.807) is 12.1 Å². The first-order chi connectivity index (χ1) is 14.3. The van der Waals surface area contributed by atoms with Crippen LogP contribution in [0.1, 0.15) is 61.7 Å². The summed E-state index contributed by atoms with van der Waals surface area (Å²) in [5, 5.41) is 33.0. The number of ether oxygens (including phenoxy) is 2. The molecular weight excluding hydrogens is 395 g/mol. The van der Waals surface area contributed by atoms with Crippen LogP contribution in [0, 0.1) is 0 Å². The molecule has 5 aliphatic rings. The Bertz CT molecular complexity index is 1170. The minimum atomic E-state index is -1.80. The Kier molecular flexibility index (Phi) is 3.27. The van der Waals surface area contributed by atoms with Crippen molar-refractivity contribution in [1.82, 2.24) is 0 Å². The fraction of sp³-hybridized carbons (Fsp3) is 0.364. The Labute approximate surface area is 169 Å². The van der Waals surface area contributed by atoms with Crippen molar-refractivity contribution in [2.45, 2.75) is 42.9 Å². The first-order valence-electron chi connectivity index (χ1n) is 9.70. The van der Waals surface area contributed by atoms with Gasteiger partial charge in [0.1, 0.15) is 17.7 Å². The minimum Gasteiger partial charge on any atom is -0.507 e. The number of benzene rings is 2. The van der Waals surface area contributed by atoms with E-state index in [0.29, 0.717) is 0 Å². The van der Waals surface area contributed by atoms with Gasteiger partial charge in [0, 0.05) is 22.3 Å². The maximum atomic E-state index is 15.3. The highest BCUT2D eigenvalue weighted by molar-refractivity contribution is 6.30. The molecule has 2 aliphatic carbocycles. The molecule has 2 saturated heterocycles. The number of phenols is 2. The van der Waals surface area contributed by atoms with Gasteiger partial charge in [-0.05, 0) is 6.92 Å². The fourth-order valence-corrected chi connectivity index (χ4v) is 5.65. The van der Waals surface area contributed by atoms with Gasteiger partial charge in [-0.15, -0.1) is 0 Å². The number of carbonyl (C=O) groups excluding carboxylic acids is 2. The van der Waals surface area contributed by atoms with Gasteiger partial charge in [-0.1, -0.05) is 24.3 Å². The first kappa shape index (κ1) is 18.0. The molecule has 3 aliphatic heterocycles. The van der Waals surface area contributed by atoms with Crippen LogP contribution in [0.5, 0.6) is 11.5 Å². The van der Waals surface area contributed by atoms with Gasteiger partial charge in [-0.2, -0.15) is 0 Å². The van der Waals surface area contributed by atoms with E-state index in [9.17, 15) is 24.9 Å². The number of halogens is 1. The highest BCUT2D eigenvalue weighted by Crippen LogP contribution is 2.61. The number of hydrogen-bond donors (Lipinski definition) is 3. The quantitative estimate of drug-likeness (QED) is 0.483. The number of carbonyl (C=O) groups is 2. The number of aromatic hydroxyl groups is 2. The maximum Gasteiger partial charge on any atom is 0.198 e. The maximum absolute atomic E-state index is 15.3. The van der Waals surface area contributed by atoms with Crippen molar-refractivity contribution < 1.29 is 38.8 Å². The number of alkyl halides is 1. The Morgan fingerprint density at radius 2 is 1.60 bits per heavy atom. The van der Waals surface area contributed by atoms with Gasteiger partial charge in [-0.3, -0.25) is 9.59 Å². The van der Waals surface area contributed by atoms with Crippen LogP contribution in [0.25, 0.3) is 0 Å². The Hall–Kier alpha value is -2.81. The number of rotatable bonds is 0. The van der Waals surface area contributed by atoms with E-state index in [1.165, 1.54) is 19.1 Å². The predicted molar refractivity (Wildman–Crippen MR) is 98.7 cm³/mol. The van der Waals surface area contributed by atoms with Crippen LogP contribution in [0.2, 0.25) is 0 Å². The summed E-state index contributed by atoms with van der Waals surface area (Å²) in [7, 11) is 0. The second-order valence-corrected chi connectivity index (χ2v) is 8.40. The van der Waals surface area contributed by atoms with Crippen LogP contribution >= 0.6 is 0 Å². The van der Waals surface area contributed by atoms with Crippen LogP contribution in [0.15, 0.2) is 24.3 Å². The van der Waals surface area contributed by atoms with Gasteiger partial charge >= 0.3 is 0 Å². The zero-order chi connectivity index (χ0) is 21.1. The molecular formula is C22H17FO7. The second-order valence-electron chi connectivity index (χ2n) is 8.40. The van der Waals surface area contributed by atoms with E-state index in [1.807, 2.05) is 0 Å². The van der Waals surface area contributed by atoms with Gasteiger partial charge in [0.15, 0.2) is 17.4 Å². The molecule has 30 heavy (non-hydrogen) atoms. The number of hydrogen-bond acceptors (Lipinski definition) is 7. The van der Waals surface area contributed by atoms with Crippen molar-refractivity contribution in [3.63, 3.8) is 0 Å². The van der Waals surface area contributed by atoms with Crippen LogP contribution in [-0.4, -0.2) is 57.7 Å². The molecule has 0 aromatic heterocycles. The average Bonchev–Trinajstić information content (AvgIpc) is 3.03. The first-order valence-corrected chi connectivity index (χ1v) is 9.70. The summed E-state index contributed by atoms with van der Waals surface area (Å²) in [5.41, 5.74) is -0.467. The summed E-state index contributed by atoms with van der Waals surface area (Å²) in [4.78, 5) is 26.3. The molecule has 2 fully saturated rings. The monoisotopic (exact) mass is 412 g/mol. The molecule has 0 radical (unpaired) electrons. The number of ketones is 2. The lowest BCUT2D eigenvalue weighted by Crippen LogP contribution is -2.48. The van der Waals surface area contributed by atoms with Crippen LogP contribution < -0.4 is 0 Å². The Morgan fingerprint density at radius 1 is 1.03 bits per heavy atom. The molecule has 3 N–H and O–H groups in total. The van der Waals surface area contributed by atoms with E-state index in [0.717, 1.165) is 0 Å². The largest absolute Gasteiger partial charge is 0.507 e. The molecule has 0 spiro atoms. The fourth-order valence-electron chi connectivity index (χ4n) is 5.65. The third kappa shape index (κ3) is 1.85. The summed E-state index contributed by atoms with van der Waals surface area (Å²) in [6, 6.07) is 6.12. The molecule has 8 heteroatoms. The summed E-state index contributed by atoms with van der Waals surface area (Å²) in [6.07, 6.45) is -4.21. The third-order valence-electron chi connectivity index (χ3n) is 6.93. The molecule has 7 rings (SSSR count). The number of aliphatic hydroxyl groups excluding tert-OH is 1. The summed E-state index contributed by atoms with van der Waals surface area (Å²) in [5.74, 6) is -6.15.